The van der Waals surface area contributed by atoms with Crippen LogP contribution in [0.3, 0.4) is 0 Å². The van der Waals surface area contributed by atoms with E-state index in [1.54, 1.807) is 18.2 Å². The van der Waals surface area contributed by atoms with Crippen molar-refractivity contribution in [1.82, 2.24) is 4.98 Å². The zero-order valence-electron chi connectivity index (χ0n) is 10.7. The maximum atomic E-state index is 13.7. The molecule has 3 N–H and O–H groups in total. The van der Waals surface area contributed by atoms with E-state index < -0.39 is 0 Å². The van der Waals surface area contributed by atoms with Crippen molar-refractivity contribution in [1.29, 1.82) is 0 Å². The molecule has 0 amide bonds. The predicted molar refractivity (Wildman–Crippen MR) is 79.3 cm³/mol. The molecule has 2 aromatic rings. The normalized spacial score (nSPS) is 10.3. The fourth-order valence-corrected chi connectivity index (χ4v) is 2.19. The van der Waals surface area contributed by atoms with Crippen LogP contribution in [-0.4, -0.2) is 9.97 Å². The Morgan fingerprint density at radius 2 is 2.00 bits per heavy atom. The van der Waals surface area contributed by atoms with Crippen LogP contribution in [0.15, 0.2) is 30.3 Å². The van der Waals surface area contributed by atoms with Gasteiger partial charge in [-0.1, -0.05) is 24.4 Å². The lowest BCUT2D eigenvalue weighted by molar-refractivity contribution is 0.632. The highest BCUT2D eigenvalue weighted by Gasteiger charge is 2.13. The second-order valence-corrected chi connectivity index (χ2v) is 4.71. The number of aryl methyl sites for hydroxylation is 2. The molecule has 0 aliphatic rings. The average molecular weight is 275 g/mol. The van der Waals surface area contributed by atoms with Crippen LogP contribution >= 0.6 is 12.2 Å². The zero-order chi connectivity index (χ0) is 14.0. The highest BCUT2D eigenvalue weighted by molar-refractivity contribution is 7.80. The Morgan fingerprint density at radius 1 is 1.32 bits per heavy atom. The molecule has 1 heterocycles. The second-order valence-electron chi connectivity index (χ2n) is 4.27. The fraction of sp³-hybridized carbons (Fsp3) is 0.143. The van der Waals surface area contributed by atoms with Gasteiger partial charge in [-0.25, -0.2) is 9.37 Å². The van der Waals surface area contributed by atoms with E-state index in [2.05, 4.69) is 10.3 Å². The minimum absolute atomic E-state index is 0.240. The molecule has 0 saturated carbocycles. The van der Waals surface area contributed by atoms with Gasteiger partial charge in [-0.05, 0) is 37.6 Å². The molecule has 19 heavy (non-hydrogen) atoms. The number of pyridine rings is 1. The Labute approximate surface area is 116 Å². The molecule has 0 unspecified atom stereocenters. The Kier molecular flexibility index (Phi) is 3.76. The first kappa shape index (κ1) is 13.4. The number of nitrogens with zero attached hydrogens (tertiary/aromatic N) is 1. The number of aromatic nitrogens is 1. The lowest BCUT2D eigenvalue weighted by atomic mass is 10.1. The number of para-hydroxylation sites is 1. The quantitative estimate of drug-likeness (QED) is 0.845. The number of anilines is 2. The largest absolute Gasteiger partial charge is 0.389 e. The second kappa shape index (κ2) is 5.32. The van der Waals surface area contributed by atoms with E-state index >= 15 is 0 Å². The first-order valence-corrected chi connectivity index (χ1v) is 6.19. The van der Waals surface area contributed by atoms with Gasteiger partial charge < -0.3 is 11.1 Å². The highest BCUT2D eigenvalue weighted by atomic mass is 32.1. The summed E-state index contributed by atoms with van der Waals surface area (Å²) in [6.07, 6.45) is 0. The van der Waals surface area contributed by atoms with Gasteiger partial charge in [0.1, 0.15) is 16.6 Å². The maximum absolute atomic E-state index is 13.7. The van der Waals surface area contributed by atoms with E-state index in [-0.39, 0.29) is 10.8 Å². The van der Waals surface area contributed by atoms with Crippen molar-refractivity contribution in [3.05, 3.63) is 53.0 Å². The third-order valence-electron chi connectivity index (χ3n) is 2.72. The number of nitrogens with one attached hydrogen (secondary N) is 1. The van der Waals surface area contributed by atoms with Gasteiger partial charge in [-0.3, -0.25) is 0 Å². The van der Waals surface area contributed by atoms with Gasteiger partial charge in [0.05, 0.1) is 11.3 Å². The number of benzene rings is 1. The summed E-state index contributed by atoms with van der Waals surface area (Å²) in [7, 11) is 0. The molecule has 0 fully saturated rings. The molecular weight excluding hydrogens is 261 g/mol. The van der Waals surface area contributed by atoms with Gasteiger partial charge in [0.15, 0.2) is 0 Å². The van der Waals surface area contributed by atoms with Gasteiger partial charge in [0.2, 0.25) is 0 Å². The van der Waals surface area contributed by atoms with E-state index in [1.165, 1.54) is 6.07 Å². The molecule has 0 aliphatic heterocycles. The molecule has 0 spiro atoms. The Balaban J connectivity index is 2.51. The summed E-state index contributed by atoms with van der Waals surface area (Å²) in [4.78, 5) is 4.59. The molecule has 0 atom stereocenters. The fourth-order valence-electron chi connectivity index (χ4n) is 1.93. The van der Waals surface area contributed by atoms with Gasteiger partial charge in [-0.15, -0.1) is 0 Å². The topological polar surface area (TPSA) is 50.9 Å². The molecule has 5 heteroatoms. The zero-order valence-corrected chi connectivity index (χ0v) is 11.5. The van der Waals surface area contributed by atoms with Crippen molar-refractivity contribution in [2.75, 3.05) is 5.32 Å². The smallest absolute Gasteiger partial charge is 0.146 e. The van der Waals surface area contributed by atoms with Crippen molar-refractivity contribution < 1.29 is 4.39 Å². The molecule has 1 aromatic heterocycles. The molecule has 1 aromatic carbocycles. The standard InChI is InChI=1S/C14H14FN3S/c1-8-7-9(2)17-14(12(8)13(16)19)18-11-6-4-3-5-10(11)15/h3-7H,1-2H3,(H2,16,19)(H,17,18). The number of hydrogen-bond donors (Lipinski definition) is 2. The highest BCUT2D eigenvalue weighted by Crippen LogP contribution is 2.24. The van der Waals surface area contributed by atoms with Crippen LogP contribution in [0, 0.1) is 19.7 Å². The first-order valence-electron chi connectivity index (χ1n) is 5.78. The first-order chi connectivity index (χ1) is 8.99. The summed E-state index contributed by atoms with van der Waals surface area (Å²) in [5.41, 5.74) is 8.43. The number of nitrogens with two attached hydrogens (primary N) is 1. The minimum atomic E-state index is -0.350. The van der Waals surface area contributed by atoms with E-state index in [1.807, 2.05) is 19.9 Å². The summed E-state index contributed by atoms with van der Waals surface area (Å²) in [5, 5.41) is 2.95. The minimum Gasteiger partial charge on any atom is -0.389 e. The molecule has 2 rings (SSSR count). The summed E-state index contributed by atoms with van der Waals surface area (Å²) < 4.78 is 13.7. The van der Waals surface area contributed by atoms with Gasteiger partial charge >= 0.3 is 0 Å². The SMILES string of the molecule is Cc1cc(C)c(C(N)=S)c(Nc2ccccc2F)n1. The van der Waals surface area contributed by atoms with E-state index in [0.717, 1.165) is 11.3 Å². The van der Waals surface area contributed by atoms with Crippen molar-refractivity contribution in [2.24, 2.45) is 5.73 Å². The van der Waals surface area contributed by atoms with Crippen LogP contribution in [-0.2, 0) is 0 Å². The summed E-state index contributed by atoms with van der Waals surface area (Å²) >= 11 is 5.03. The van der Waals surface area contributed by atoms with Crippen molar-refractivity contribution in [3.8, 4) is 0 Å². The monoisotopic (exact) mass is 275 g/mol. The molecule has 0 radical (unpaired) electrons. The van der Waals surface area contributed by atoms with Crippen LogP contribution < -0.4 is 11.1 Å². The Morgan fingerprint density at radius 3 is 2.63 bits per heavy atom. The van der Waals surface area contributed by atoms with Gasteiger partial charge in [0, 0.05) is 5.69 Å². The van der Waals surface area contributed by atoms with E-state index in [4.69, 9.17) is 18.0 Å². The van der Waals surface area contributed by atoms with Crippen molar-refractivity contribution in [3.63, 3.8) is 0 Å². The molecule has 0 bridgehead atoms. The van der Waals surface area contributed by atoms with E-state index in [9.17, 15) is 4.39 Å². The Bertz CT molecular complexity index is 641. The average Bonchev–Trinajstić information content (AvgIpc) is 2.30. The number of rotatable bonds is 3. The molecule has 3 nitrogen and oxygen atoms in total. The predicted octanol–water partition coefficient (Wildman–Crippen LogP) is 3.22. The Hall–Kier alpha value is -2.01. The van der Waals surface area contributed by atoms with Crippen LogP contribution in [0.5, 0.6) is 0 Å². The van der Waals surface area contributed by atoms with Crippen LogP contribution in [0.4, 0.5) is 15.9 Å². The lowest BCUT2D eigenvalue weighted by Gasteiger charge is -2.14. The lowest BCUT2D eigenvalue weighted by Crippen LogP contribution is -2.15. The van der Waals surface area contributed by atoms with Crippen LogP contribution in [0.1, 0.15) is 16.8 Å². The van der Waals surface area contributed by atoms with E-state index in [0.29, 0.717) is 17.1 Å². The van der Waals surface area contributed by atoms with Gasteiger partial charge in [0.25, 0.3) is 0 Å². The third-order valence-corrected chi connectivity index (χ3v) is 2.92. The third kappa shape index (κ3) is 2.88. The van der Waals surface area contributed by atoms with Crippen molar-refractivity contribution in [2.45, 2.75) is 13.8 Å². The van der Waals surface area contributed by atoms with Crippen LogP contribution in [0.25, 0.3) is 0 Å². The maximum Gasteiger partial charge on any atom is 0.146 e. The molecule has 0 aliphatic carbocycles. The summed E-state index contributed by atoms with van der Waals surface area (Å²) in [5.74, 6) is 0.132. The summed E-state index contributed by atoms with van der Waals surface area (Å²) in [6.45, 7) is 3.76. The van der Waals surface area contributed by atoms with Gasteiger partial charge in [-0.2, -0.15) is 0 Å². The number of hydrogen-bond acceptors (Lipinski definition) is 3. The summed E-state index contributed by atoms with van der Waals surface area (Å²) in [6, 6.07) is 8.28. The number of thiocarbonyl (C=S) groups is 1. The molecular formula is C14H14FN3S. The van der Waals surface area contributed by atoms with Crippen LogP contribution in [0.2, 0.25) is 0 Å². The number of halogens is 1. The molecule has 98 valence electrons. The molecule has 0 saturated heterocycles. The van der Waals surface area contributed by atoms with Crippen molar-refractivity contribution >= 4 is 28.7 Å².